The van der Waals surface area contributed by atoms with E-state index < -0.39 is 0 Å². The number of guanidine groups is 1. The summed E-state index contributed by atoms with van der Waals surface area (Å²) in [5.41, 5.74) is 5.79. The van der Waals surface area contributed by atoms with Crippen LogP contribution in [0.25, 0.3) is 0 Å². The van der Waals surface area contributed by atoms with E-state index in [-0.39, 0.29) is 11.4 Å². The van der Waals surface area contributed by atoms with Crippen LogP contribution in [0.5, 0.6) is 0 Å². The molecule has 1 aromatic carbocycles. The normalized spacial score (nSPS) is 25.9. The van der Waals surface area contributed by atoms with Crippen molar-refractivity contribution in [2.45, 2.75) is 40.2 Å². The number of rotatable bonds is 0. The molecule has 0 amide bonds. The van der Waals surface area contributed by atoms with E-state index in [0.717, 1.165) is 49.1 Å². The molecule has 3 aliphatic heterocycles. The zero-order valence-electron chi connectivity index (χ0n) is 17.1. The van der Waals surface area contributed by atoms with Crippen molar-refractivity contribution in [2.24, 2.45) is 10.1 Å². The topological polar surface area (TPSA) is 34.4 Å². The van der Waals surface area contributed by atoms with Gasteiger partial charge in [-0.25, -0.2) is 14.4 Å². The lowest BCUT2D eigenvalue weighted by Crippen LogP contribution is -2.54. The molecule has 1 aliphatic carbocycles. The Kier molecular flexibility index (Phi) is 4.14. The number of piperazine rings is 1. The van der Waals surface area contributed by atoms with Gasteiger partial charge >= 0.3 is 0 Å². The summed E-state index contributed by atoms with van der Waals surface area (Å²) in [6, 6.07) is 3.54. The van der Waals surface area contributed by atoms with Gasteiger partial charge in [-0.05, 0) is 45.0 Å². The Morgan fingerprint density at radius 3 is 2.33 bits per heavy atom. The van der Waals surface area contributed by atoms with Gasteiger partial charge in [-0.1, -0.05) is 13.8 Å². The van der Waals surface area contributed by atoms with Gasteiger partial charge in [0.1, 0.15) is 11.4 Å². The molecule has 1 atom stereocenters. The zero-order valence-corrected chi connectivity index (χ0v) is 17.1. The van der Waals surface area contributed by atoms with Crippen LogP contribution in [0, 0.1) is 12.7 Å². The number of hydrazone groups is 1. The Morgan fingerprint density at radius 2 is 1.70 bits per heavy atom. The molecule has 5 nitrogen and oxygen atoms in total. The van der Waals surface area contributed by atoms with Gasteiger partial charge in [0, 0.05) is 43.4 Å². The van der Waals surface area contributed by atoms with E-state index in [4.69, 9.17) is 10.1 Å². The van der Waals surface area contributed by atoms with Crippen LogP contribution in [0.1, 0.15) is 38.8 Å². The number of nitrogens with zero attached hydrogens (tertiary/aromatic N) is 5. The van der Waals surface area contributed by atoms with E-state index in [0.29, 0.717) is 5.56 Å². The average Bonchev–Trinajstić information content (AvgIpc) is 3.12. The third-order valence-electron chi connectivity index (χ3n) is 6.01. The molecule has 1 saturated heterocycles. The molecule has 0 N–H and O–H groups in total. The minimum Gasteiger partial charge on any atom is -0.338 e. The molecule has 4 aliphatic rings. The molecule has 1 fully saturated rings. The maximum absolute atomic E-state index is 14.2. The number of aryl methyl sites for hydroxylation is 1. The average molecular weight is 369 g/mol. The van der Waals surface area contributed by atoms with Crippen molar-refractivity contribution >= 4 is 17.4 Å². The minimum atomic E-state index is -0.321. The molecule has 1 aromatic rings. The molecule has 6 heteroatoms. The molecule has 27 heavy (non-hydrogen) atoms. The number of fused-ring (bicyclic) bond motifs is 1. The molecular formula is C21H28FN5. The van der Waals surface area contributed by atoms with Crippen LogP contribution in [0.2, 0.25) is 0 Å². The van der Waals surface area contributed by atoms with E-state index in [2.05, 4.69) is 35.7 Å². The summed E-state index contributed by atoms with van der Waals surface area (Å²) < 4.78 is 14.2. The van der Waals surface area contributed by atoms with Gasteiger partial charge in [0.25, 0.3) is 0 Å². The van der Waals surface area contributed by atoms with E-state index in [1.54, 1.807) is 6.07 Å². The highest BCUT2D eigenvalue weighted by molar-refractivity contribution is 6.13. The number of hydrogen-bond acceptors (Lipinski definition) is 5. The van der Waals surface area contributed by atoms with Gasteiger partial charge in [-0.15, -0.1) is 0 Å². The molecule has 0 radical (unpaired) electrons. The maximum atomic E-state index is 14.2. The summed E-state index contributed by atoms with van der Waals surface area (Å²) >= 11 is 0. The molecule has 0 saturated carbocycles. The van der Waals surface area contributed by atoms with Crippen LogP contribution in [0.3, 0.4) is 0 Å². The molecular weight excluding hydrogens is 341 g/mol. The Hall–Kier alpha value is -2.21. The SMILES string of the molecule is CC.CC1=NN2C(N3CCN(C)CC3)=Nc3cc(F)c(C)cc3C23C(C)=C13. The van der Waals surface area contributed by atoms with Gasteiger partial charge in [-0.3, -0.25) is 0 Å². The second-order valence-corrected chi connectivity index (χ2v) is 7.53. The van der Waals surface area contributed by atoms with Crippen molar-refractivity contribution in [3.05, 3.63) is 40.2 Å². The van der Waals surface area contributed by atoms with Gasteiger partial charge in [0.15, 0.2) is 0 Å². The lowest BCUT2D eigenvalue weighted by Gasteiger charge is -2.42. The summed E-state index contributed by atoms with van der Waals surface area (Å²) in [4.78, 5) is 9.46. The zero-order chi connectivity index (χ0) is 19.5. The van der Waals surface area contributed by atoms with Crippen molar-refractivity contribution in [1.82, 2.24) is 14.8 Å². The highest BCUT2D eigenvalue weighted by Crippen LogP contribution is 2.64. The van der Waals surface area contributed by atoms with Gasteiger partial charge in [0.05, 0.1) is 11.4 Å². The summed E-state index contributed by atoms with van der Waals surface area (Å²) in [5.74, 6) is 0.663. The Bertz CT molecular complexity index is 892. The van der Waals surface area contributed by atoms with E-state index >= 15 is 0 Å². The molecule has 144 valence electrons. The highest BCUT2D eigenvalue weighted by atomic mass is 19.1. The van der Waals surface area contributed by atoms with Crippen LogP contribution in [0.4, 0.5) is 10.1 Å². The fourth-order valence-corrected chi connectivity index (χ4v) is 4.53. The van der Waals surface area contributed by atoms with Crippen LogP contribution in [-0.2, 0) is 5.54 Å². The van der Waals surface area contributed by atoms with Crippen LogP contribution in [-0.4, -0.2) is 59.7 Å². The van der Waals surface area contributed by atoms with Crippen molar-refractivity contribution in [3.8, 4) is 0 Å². The number of hydrogen-bond donors (Lipinski definition) is 0. The van der Waals surface area contributed by atoms with Gasteiger partial charge in [-0.2, -0.15) is 5.10 Å². The number of aliphatic imine (C=N–C) groups is 1. The summed E-state index contributed by atoms with van der Waals surface area (Å²) in [6.07, 6.45) is 0. The first-order chi connectivity index (χ1) is 12.9. The molecule has 1 spiro atoms. The first kappa shape index (κ1) is 18.2. The fourth-order valence-electron chi connectivity index (χ4n) is 4.53. The van der Waals surface area contributed by atoms with Crippen LogP contribution < -0.4 is 0 Å². The molecule has 0 bridgehead atoms. The number of halogens is 1. The van der Waals surface area contributed by atoms with E-state index in [1.165, 1.54) is 11.1 Å². The van der Waals surface area contributed by atoms with Crippen LogP contribution >= 0.6 is 0 Å². The number of benzene rings is 1. The molecule has 5 rings (SSSR count). The standard InChI is InChI=1S/C19H22FN5.C2H6/c1-11-9-14-16(10-15(11)20)21-18(24-7-5-23(4)6-8-24)25-19(14)12(2)17(19)13(3)22-25;1-2/h9-10H,5-8H2,1-4H3;1-2H3. The lowest BCUT2D eigenvalue weighted by molar-refractivity contribution is 0.184. The van der Waals surface area contributed by atoms with E-state index in [1.807, 2.05) is 26.8 Å². The summed E-state index contributed by atoms with van der Waals surface area (Å²) in [6.45, 7) is 13.9. The minimum absolute atomic E-state index is 0.194. The van der Waals surface area contributed by atoms with Crippen molar-refractivity contribution in [1.29, 1.82) is 0 Å². The quantitative estimate of drug-likeness (QED) is 0.700. The largest absolute Gasteiger partial charge is 0.338 e. The Labute approximate surface area is 160 Å². The van der Waals surface area contributed by atoms with Crippen molar-refractivity contribution in [2.75, 3.05) is 33.2 Å². The van der Waals surface area contributed by atoms with E-state index in [9.17, 15) is 4.39 Å². The summed E-state index contributed by atoms with van der Waals surface area (Å²) in [7, 11) is 2.14. The number of likely N-dealkylation sites (N-methyl/N-ethyl adjacent to an activating group) is 1. The predicted octanol–water partition coefficient (Wildman–Crippen LogP) is 3.63. The summed E-state index contributed by atoms with van der Waals surface area (Å²) in [5, 5.41) is 6.90. The third kappa shape index (κ3) is 2.32. The smallest absolute Gasteiger partial charge is 0.224 e. The maximum Gasteiger partial charge on any atom is 0.224 e. The predicted molar refractivity (Wildman–Crippen MR) is 108 cm³/mol. The first-order valence-corrected chi connectivity index (χ1v) is 9.85. The first-order valence-electron chi connectivity index (χ1n) is 9.85. The molecule has 0 aromatic heterocycles. The Balaban J connectivity index is 0.000000872. The second-order valence-electron chi connectivity index (χ2n) is 7.53. The third-order valence-corrected chi connectivity index (χ3v) is 6.01. The lowest BCUT2D eigenvalue weighted by atomic mass is 9.92. The van der Waals surface area contributed by atoms with Crippen LogP contribution in [0.15, 0.2) is 33.4 Å². The molecule has 1 unspecified atom stereocenters. The van der Waals surface area contributed by atoms with Crippen molar-refractivity contribution < 1.29 is 4.39 Å². The monoisotopic (exact) mass is 369 g/mol. The second kappa shape index (κ2) is 6.16. The van der Waals surface area contributed by atoms with Gasteiger partial charge < -0.3 is 9.80 Å². The Morgan fingerprint density at radius 1 is 1.04 bits per heavy atom. The fraction of sp³-hybridized carbons (Fsp3) is 0.524. The highest BCUT2D eigenvalue weighted by Gasteiger charge is 2.65. The van der Waals surface area contributed by atoms with Gasteiger partial charge in [0.2, 0.25) is 5.96 Å². The molecule has 3 heterocycles. The van der Waals surface area contributed by atoms with Crippen molar-refractivity contribution in [3.63, 3.8) is 0 Å².